The topological polar surface area (TPSA) is 44.7 Å². The highest BCUT2D eigenvalue weighted by atomic mass is 16.5. The van der Waals surface area contributed by atoms with Crippen LogP contribution in [-0.2, 0) is 6.54 Å². The summed E-state index contributed by atoms with van der Waals surface area (Å²) in [5.74, 6) is 0.904. The van der Waals surface area contributed by atoms with E-state index < -0.39 is 0 Å². The number of piperazine rings is 1. The number of nitrogens with zero attached hydrogens (tertiary/aromatic N) is 1. The van der Waals surface area contributed by atoms with Crippen molar-refractivity contribution in [3.05, 3.63) is 29.8 Å². The van der Waals surface area contributed by atoms with Crippen molar-refractivity contribution in [2.24, 2.45) is 0 Å². The summed E-state index contributed by atoms with van der Waals surface area (Å²) in [4.78, 5) is 2.43. The molecule has 0 unspecified atom stereocenters. The molecule has 100 valence electrons. The highest BCUT2D eigenvalue weighted by molar-refractivity contribution is 5.28. The lowest BCUT2D eigenvalue weighted by Crippen LogP contribution is -2.51. The van der Waals surface area contributed by atoms with Gasteiger partial charge in [0.2, 0.25) is 0 Å². The number of rotatable bonds is 5. The van der Waals surface area contributed by atoms with E-state index in [2.05, 4.69) is 22.3 Å². The fraction of sp³-hybridized carbons (Fsp3) is 0.571. The summed E-state index contributed by atoms with van der Waals surface area (Å²) in [7, 11) is 1.69. The molecular formula is C14H22N2O2. The summed E-state index contributed by atoms with van der Waals surface area (Å²) in [6.45, 7) is 4.18. The van der Waals surface area contributed by atoms with Gasteiger partial charge in [-0.25, -0.2) is 0 Å². The van der Waals surface area contributed by atoms with E-state index in [-0.39, 0.29) is 6.61 Å². The van der Waals surface area contributed by atoms with Gasteiger partial charge in [-0.05, 0) is 24.1 Å². The van der Waals surface area contributed by atoms with Crippen molar-refractivity contribution in [1.29, 1.82) is 0 Å². The Hall–Kier alpha value is -1.10. The Morgan fingerprint density at radius 2 is 2.39 bits per heavy atom. The normalized spacial score (nSPS) is 20.9. The highest BCUT2D eigenvalue weighted by Gasteiger charge is 2.21. The van der Waals surface area contributed by atoms with Crippen LogP contribution in [0.25, 0.3) is 0 Å². The molecule has 0 amide bonds. The first-order valence-electron chi connectivity index (χ1n) is 6.52. The third kappa shape index (κ3) is 3.45. The van der Waals surface area contributed by atoms with Gasteiger partial charge in [-0.15, -0.1) is 0 Å². The molecule has 0 bridgehead atoms. The number of nitrogens with one attached hydrogen (secondary N) is 1. The quantitative estimate of drug-likeness (QED) is 0.813. The fourth-order valence-electron chi connectivity index (χ4n) is 2.45. The number of benzene rings is 1. The molecule has 0 radical (unpaired) electrons. The number of aliphatic hydroxyl groups is 1. The fourth-order valence-corrected chi connectivity index (χ4v) is 2.45. The zero-order chi connectivity index (χ0) is 12.8. The van der Waals surface area contributed by atoms with Crippen LogP contribution in [0.3, 0.4) is 0 Å². The van der Waals surface area contributed by atoms with Crippen LogP contribution in [0.1, 0.15) is 12.0 Å². The molecule has 2 rings (SSSR count). The SMILES string of the molecule is COc1cccc(CN2CCNC[C@H]2CCO)c1. The minimum absolute atomic E-state index is 0.251. The summed E-state index contributed by atoms with van der Waals surface area (Å²) in [5, 5.41) is 12.5. The van der Waals surface area contributed by atoms with E-state index in [1.54, 1.807) is 7.11 Å². The zero-order valence-electron chi connectivity index (χ0n) is 10.9. The van der Waals surface area contributed by atoms with Crippen LogP contribution in [0, 0.1) is 0 Å². The molecule has 1 aromatic carbocycles. The van der Waals surface area contributed by atoms with Crippen molar-refractivity contribution in [3.8, 4) is 5.75 Å². The van der Waals surface area contributed by atoms with Gasteiger partial charge in [-0.2, -0.15) is 0 Å². The summed E-state index contributed by atoms with van der Waals surface area (Å²) in [6.07, 6.45) is 0.830. The van der Waals surface area contributed by atoms with E-state index in [1.165, 1.54) is 5.56 Å². The van der Waals surface area contributed by atoms with Gasteiger partial charge >= 0.3 is 0 Å². The second-order valence-electron chi connectivity index (χ2n) is 4.69. The number of methoxy groups -OCH3 is 1. The van der Waals surface area contributed by atoms with Crippen molar-refractivity contribution in [2.75, 3.05) is 33.4 Å². The molecule has 4 heteroatoms. The maximum absolute atomic E-state index is 9.11. The maximum Gasteiger partial charge on any atom is 0.119 e. The van der Waals surface area contributed by atoms with E-state index in [0.29, 0.717) is 6.04 Å². The molecule has 1 fully saturated rings. The molecule has 0 aliphatic carbocycles. The van der Waals surface area contributed by atoms with Crippen LogP contribution in [0.4, 0.5) is 0 Å². The predicted molar refractivity (Wildman–Crippen MR) is 71.8 cm³/mol. The molecule has 1 aliphatic rings. The zero-order valence-corrected chi connectivity index (χ0v) is 10.9. The number of aliphatic hydroxyl groups excluding tert-OH is 1. The summed E-state index contributed by atoms with van der Waals surface area (Å²) < 4.78 is 5.25. The second-order valence-corrected chi connectivity index (χ2v) is 4.69. The third-order valence-electron chi connectivity index (χ3n) is 3.45. The molecule has 0 aromatic heterocycles. The van der Waals surface area contributed by atoms with Crippen molar-refractivity contribution < 1.29 is 9.84 Å². The minimum Gasteiger partial charge on any atom is -0.497 e. The van der Waals surface area contributed by atoms with Crippen molar-refractivity contribution in [2.45, 2.75) is 19.0 Å². The molecule has 4 nitrogen and oxygen atoms in total. The van der Waals surface area contributed by atoms with Gasteiger partial charge in [0.1, 0.15) is 5.75 Å². The van der Waals surface area contributed by atoms with Crippen molar-refractivity contribution >= 4 is 0 Å². The Balaban J connectivity index is 2.01. The molecule has 1 saturated heterocycles. The highest BCUT2D eigenvalue weighted by Crippen LogP contribution is 2.17. The lowest BCUT2D eigenvalue weighted by Gasteiger charge is -2.36. The molecule has 2 N–H and O–H groups in total. The van der Waals surface area contributed by atoms with E-state index in [4.69, 9.17) is 9.84 Å². The number of hydrogen-bond donors (Lipinski definition) is 2. The average Bonchev–Trinajstić information content (AvgIpc) is 2.41. The van der Waals surface area contributed by atoms with Gasteiger partial charge in [-0.3, -0.25) is 4.90 Å². The molecule has 18 heavy (non-hydrogen) atoms. The maximum atomic E-state index is 9.11. The Kier molecular flexibility index (Phi) is 4.99. The first kappa shape index (κ1) is 13.3. The van der Waals surface area contributed by atoms with Gasteiger partial charge in [0.15, 0.2) is 0 Å². The summed E-state index contributed by atoms with van der Waals surface area (Å²) in [5.41, 5.74) is 1.26. The minimum atomic E-state index is 0.251. The first-order valence-corrected chi connectivity index (χ1v) is 6.52. The van der Waals surface area contributed by atoms with Crippen LogP contribution in [0.15, 0.2) is 24.3 Å². The predicted octanol–water partition coefficient (Wildman–Crippen LogP) is 0.851. The van der Waals surface area contributed by atoms with Crippen LogP contribution in [0.2, 0.25) is 0 Å². The summed E-state index contributed by atoms with van der Waals surface area (Å²) >= 11 is 0. The Morgan fingerprint density at radius 1 is 1.50 bits per heavy atom. The number of ether oxygens (including phenoxy) is 1. The Morgan fingerprint density at radius 3 is 3.17 bits per heavy atom. The second kappa shape index (κ2) is 6.73. The Labute approximate surface area is 109 Å². The van der Waals surface area contributed by atoms with Crippen LogP contribution in [0.5, 0.6) is 5.75 Å². The van der Waals surface area contributed by atoms with Gasteiger partial charge < -0.3 is 15.2 Å². The van der Waals surface area contributed by atoms with Gasteiger partial charge in [0.25, 0.3) is 0 Å². The largest absolute Gasteiger partial charge is 0.497 e. The lowest BCUT2D eigenvalue weighted by atomic mass is 10.1. The lowest BCUT2D eigenvalue weighted by molar-refractivity contribution is 0.123. The average molecular weight is 250 g/mol. The molecule has 0 spiro atoms. The van der Waals surface area contributed by atoms with E-state index in [9.17, 15) is 0 Å². The van der Waals surface area contributed by atoms with Crippen molar-refractivity contribution in [1.82, 2.24) is 10.2 Å². The van der Waals surface area contributed by atoms with Crippen molar-refractivity contribution in [3.63, 3.8) is 0 Å². The third-order valence-corrected chi connectivity index (χ3v) is 3.45. The van der Waals surface area contributed by atoms with Gasteiger partial charge in [0.05, 0.1) is 7.11 Å². The molecule has 1 atom stereocenters. The summed E-state index contributed by atoms with van der Waals surface area (Å²) in [6, 6.07) is 8.62. The molecule has 1 heterocycles. The molecule has 1 aliphatic heterocycles. The standard InChI is InChI=1S/C14H22N2O2/c1-18-14-4-2-3-12(9-14)11-16-7-6-15-10-13(16)5-8-17/h2-4,9,13,15,17H,5-8,10-11H2,1H3/t13-/m1/s1. The van der Waals surface area contributed by atoms with Crippen LogP contribution >= 0.6 is 0 Å². The van der Waals surface area contributed by atoms with Gasteiger partial charge in [0, 0.05) is 38.8 Å². The van der Waals surface area contributed by atoms with Gasteiger partial charge in [-0.1, -0.05) is 12.1 Å². The smallest absolute Gasteiger partial charge is 0.119 e. The molecule has 1 aromatic rings. The number of hydrogen-bond acceptors (Lipinski definition) is 4. The van der Waals surface area contributed by atoms with Crippen LogP contribution < -0.4 is 10.1 Å². The van der Waals surface area contributed by atoms with Crippen LogP contribution in [-0.4, -0.2) is 49.4 Å². The molecule has 0 saturated carbocycles. The van der Waals surface area contributed by atoms with E-state index in [0.717, 1.165) is 38.3 Å². The molecular weight excluding hydrogens is 228 g/mol. The van der Waals surface area contributed by atoms with E-state index >= 15 is 0 Å². The monoisotopic (exact) mass is 250 g/mol. The Bertz CT molecular complexity index is 369. The first-order chi connectivity index (χ1) is 8.83. The van der Waals surface area contributed by atoms with E-state index in [1.807, 2.05) is 12.1 Å².